The first kappa shape index (κ1) is 15.4. The predicted octanol–water partition coefficient (Wildman–Crippen LogP) is 4.92. The number of hydrogen-bond acceptors (Lipinski definition) is 2. The molecule has 116 valence electrons. The van der Waals surface area contributed by atoms with Crippen LogP contribution in [0.3, 0.4) is 0 Å². The molecule has 0 amide bonds. The maximum absolute atomic E-state index is 6.18. The summed E-state index contributed by atoms with van der Waals surface area (Å²) in [5.41, 5.74) is 1.11. The monoisotopic (exact) mass is 288 g/mol. The Balaban J connectivity index is 1.62. The van der Waals surface area contributed by atoms with Crippen molar-refractivity contribution in [3.63, 3.8) is 0 Å². The van der Waals surface area contributed by atoms with Crippen molar-refractivity contribution in [1.29, 1.82) is 0 Å². The highest BCUT2D eigenvalue weighted by molar-refractivity contribution is 6.48. The van der Waals surface area contributed by atoms with E-state index < -0.39 is 0 Å². The van der Waals surface area contributed by atoms with Crippen LogP contribution in [-0.2, 0) is 9.31 Å². The van der Waals surface area contributed by atoms with Crippen molar-refractivity contribution in [1.82, 2.24) is 0 Å². The van der Waals surface area contributed by atoms with Gasteiger partial charge in [-0.1, -0.05) is 37.5 Å². The van der Waals surface area contributed by atoms with Crippen LogP contribution in [0.15, 0.2) is 23.8 Å². The number of rotatable bonds is 2. The second-order valence-electron chi connectivity index (χ2n) is 7.92. The molecule has 3 rings (SSSR count). The van der Waals surface area contributed by atoms with Crippen molar-refractivity contribution in [2.75, 3.05) is 0 Å². The van der Waals surface area contributed by atoms with E-state index in [4.69, 9.17) is 9.31 Å². The third kappa shape index (κ3) is 3.00. The van der Waals surface area contributed by atoms with E-state index in [1.54, 1.807) is 5.57 Å². The van der Waals surface area contributed by atoms with Crippen LogP contribution in [0.4, 0.5) is 0 Å². The maximum Gasteiger partial charge on any atom is 0.465 e. The molecule has 0 N–H and O–H groups in total. The van der Waals surface area contributed by atoms with Gasteiger partial charge in [-0.05, 0) is 58.4 Å². The summed E-state index contributed by atoms with van der Waals surface area (Å²) in [6, 6.07) is 0. The molecule has 2 fully saturated rings. The maximum atomic E-state index is 6.18. The van der Waals surface area contributed by atoms with Crippen LogP contribution in [0.2, 0.25) is 5.82 Å². The van der Waals surface area contributed by atoms with E-state index in [9.17, 15) is 0 Å². The van der Waals surface area contributed by atoms with Crippen LogP contribution in [0.1, 0.15) is 66.2 Å². The average Bonchev–Trinajstić information content (AvgIpc) is 2.69. The second kappa shape index (κ2) is 5.59. The number of allylic oxidation sites excluding steroid dienone is 4. The SMILES string of the molecule is CC1(C)OB(C2C=CC(C3CCCCC3)=CC2)OC1(C)C. The predicted molar refractivity (Wildman–Crippen MR) is 88.2 cm³/mol. The largest absolute Gasteiger partial charge is 0.465 e. The van der Waals surface area contributed by atoms with E-state index >= 15 is 0 Å². The summed E-state index contributed by atoms with van der Waals surface area (Å²) < 4.78 is 12.4. The van der Waals surface area contributed by atoms with Crippen LogP contribution >= 0.6 is 0 Å². The Kier molecular flexibility index (Phi) is 4.09. The summed E-state index contributed by atoms with van der Waals surface area (Å²) >= 11 is 0. The molecular formula is C18H29BO2. The van der Waals surface area contributed by atoms with Gasteiger partial charge in [0.15, 0.2) is 0 Å². The standard InChI is InChI=1S/C18H29BO2/c1-17(2)18(3,4)21-19(20-17)16-12-10-15(11-13-16)14-8-6-5-7-9-14/h10-12,14,16H,5-9,13H2,1-4H3. The molecule has 3 aliphatic rings. The van der Waals surface area contributed by atoms with Crippen molar-refractivity contribution in [3.8, 4) is 0 Å². The first-order chi connectivity index (χ1) is 9.89. The minimum atomic E-state index is -0.223. The average molecular weight is 288 g/mol. The molecule has 0 radical (unpaired) electrons. The van der Waals surface area contributed by atoms with Crippen LogP contribution in [0.25, 0.3) is 0 Å². The smallest absolute Gasteiger partial charge is 0.403 e. The highest BCUT2D eigenvalue weighted by atomic mass is 16.7. The lowest BCUT2D eigenvalue weighted by molar-refractivity contribution is 0.00578. The van der Waals surface area contributed by atoms with Crippen molar-refractivity contribution in [3.05, 3.63) is 23.8 Å². The van der Waals surface area contributed by atoms with Gasteiger partial charge in [-0.3, -0.25) is 0 Å². The lowest BCUT2D eigenvalue weighted by atomic mass is 9.67. The Labute approximate surface area is 130 Å². The van der Waals surface area contributed by atoms with Crippen LogP contribution in [0, 0.1) is 5.92 Å². The molecule has 0 aromatic heterocycles. The number of hydrogen-bond donors (Lipinski definition) is 0. The van der Waals surface area contributed by atoms with Gasteiger partial charge in [0.2, 0.25) is 0 Å². The lowest BCUT2D eigenvalue weighted by Gasteiger charge is -2.32. The Morgan fingerprint density at radius 2 is 1.62 bits per heavy atom. The minimum absolute atomic E-state index is 0.101. The van der Waals surface area contributed by atoms with Gasteiger partial charge < -0.3 is 9.31 Å². The molecule has 0 aromatic rings. The van der Waals surface area contributed by atoms with Gasteiger partial charge in [-0.15, -0.1) is 0 Å². The van der Waals surface area contributed by atoms with E-state index in [0.717, 1.165) is 12.3 Å². The zero-order chi connectivity index (χ0) is 15.1. The van der Waals surface area contributed by atoms with E-state index in [1.807, 2.05) is 0 Å². The first-order valence-electron chi connectivity index (χ1n) is 8.63. The Bertz CT molecular complexity index is 428. The summed E-state index contributed by atoms with van der Waals surface area (Å²) in [6.45, 7) is 8.51. The molecule has 0 bridgehead atoms. The van der Waals surface area contributed by atoms with Gasteiger partial charge in [0.05, 0.1) is 11.2 Å². The second-order valence-corrected chi connectivity index (χ2v) is 7.92. The molecule has 2 aliphatic carbocycles. The minimum Gasteiger partial charge on any atom is -0.403 e. The van der Waals surface area contributed by atoms with Crippen LogP contribution < -0.4 is 0 Å². The Hall–Kier alpha value is -0.535. The van der Waals surface area contributed by atoms with Gasteiger partial charge in [0, 0.05) is 5.82 Å². The van der Waals surface area contributed by atoms with Gasteiger partial charge in [-0.25, -0.2) is 0 Å². The zero-order valence-electron chi connectivity index (χ0n) is 14.0. The highest BCUT2D eigenvalue weighted by Gasteiger charge is 2.53. The third-order valence-corrected chi connectivity index (χ3v) is 5.86. The fraction of sp³-hybridized carbons (Fsp3) is 0.778. The summed E-state index contributed by atoms with van der Waals surface area (Å²) in [7, 11) is -0.101. The quantitative estimate of drug-likeness (QED) is 0.672. The lowest BCUT2D eigenvalue weighted by Crippen LogP contribution is -2.41. The summed E-state index contributed by atoms with van der Waals surface area (Å²) in [5.74, 6) is 1.16. The molecule has 3 heteroatoms. The molecule has 2 nitrogen and oxygen atoms in total. The normalized spacial score (nSPS) is 32.3. The molecular weight excluding hydrogens is 259 g/mol. The molecule has 0 aromatic carbocycles. The van der Waals surface area contributed by atoms with E-state index in [1.165, 1.54) is 32.1 Å². The van der Waals surface area contributed by atoms with Crippen molar-refractivity contribution in [2.45, 2.75) is 83.2 Å². The van der Waals surface area contributed by atoms with Crippen molar-refractivity contribution in [2.24, 2.45) is 5.92 Å². The molecule has 1 saturated heterocycles. The third-order valence-electron chi connectivity index (χ3n) is 5.86. The van der Waals surface area contributed by atoms with Gasteiger partial charge in [0.25, 0.3) is 0 Å². The molecule has 1 atom stereocenters. The van der Waals surface area contributed by atoms with Gasteiger partial charge in [-0.2, -0.15) is 0 Å². The topological polar surface area (TPSA) is 18.5 Å². The molecule has 21 heavy (non-hydrogen) atoms. The fourth-order valence-electron chi connectivity index (χ4n) is 3.66. The van der Waals surface area contributed by atoms with E-state index in [0.29, 0.717) is 5.82 Å². The van der Waals surface area contributed by atoms with E-state index in [-0.39, 0.29) is 18.3 Å². The summed E-state index contributed by atoms with van der Waals surface area (Å²) in [6.07, 6.45) is 15.1. The molecule has 1 unspecified atom stereocenters. The molecule has 1 aliphatic heterocycles. The van der Waals surface area contributed by atoms with Crippen molar-refractivity contribution < 1.29 is 9.31 Å². The molecule has 0 spiro atoms. The van der Waals surface area contributed by atoms with Gasteiger partial charge in [0.1, 0.15) is 0 Å². The molecule has 1 saturated carbocycles. The zero-order valence-corrected chi connectivity index (χ0v) is 14.0. The van der Waals surface area contributed by atoms with Crippen LogP contribution in [-0.4, -0.2) is 18.3 Å². The summed E-state index contributed by atoms with van der Waals surface area (Å²) in [4.78, 5) is 0. The van der Waals surface area contributed by atoms with Crippen molar-refractivity contribution >= 4 is 7.12 Å². The fourth-order valence-corrected chi connectivity index (χ4v) is 3.66. The van der Waals surface area contributed by atoms with Crippen LogP contribution in [0.5, 0.6) is 0 Å². The Morgan fingerprint density at radius 3 is 2.14 bits per heavy atom. The highest BCUT2D eigenvalue weighted by Crippen LogP contribution is 2.43. The van der Waals surface area contributed by atoms with Gasteiger partial charge >= 0.3 is 7.12 Å². The summed E-state index contributed by atoms with van der Waals surface area (Å²) in [5, 5.41) is 0. The molecule has 1 heterocycles. The Morgan fingerprint density at radius 1 is 1.00 bits per heavy atom. The first-order valence-corrected chi connectivity index (χ1v) is 8.63. The van der Waals surface area contributed by atoms with E-state index in [2.05, 4.69) is 45.9 Å².